The van der Waals surface area contributed by atoms with E-state index in [1.165, 1.54) is 51.6 Å². The third-order valence-electron chi connectivity index (χ3n) is 6.22. The molecule has 3 aliphatic rings. The highest BCUT2D eigenvalue weighted by molar-refractivity contribution is 4.99. The zero-order valence-electron chi connectivity index (χ0n) is 13.7. The van der Waals surface area contributed by atoms with Gasteiger partial charge < -0.3 is 10.5 Å². The van der Waals surface area contributed by atoms with E-state index in [2.05, 4.69) is 16.7 Å². The lowest BCUT2D eigenvalue weighted by Crippen LogP contribution is -2.54. The number of hydrogen-bond donors (Lipinski definition) is 1. The van der Waals surface area contributed by atoms with Gasteiger partial charge in [0.25, 0.3) is 0 Å². The van der Waals surface area contributed by atoms with Crippen LogP contribution in [0.2, 0.25) is 0 Å². The van der Waals surface area contributed by atoms with Gasteiger partial charge in [-0.05, 0) is 31.6 Å². The van der Waals surface area contributed by atoms with E-state index < -0.39 is 0 Å². The summed E-state index contributed by atoms with van der Waals surface area (Å²) in [4.78, 5) is 5.40. The molecule has 0 aromatic carbocycles. The highest BCUT2D eigenvalue weighted by Crippen LogP contribution is 2.36. The van der Waals surface area contributed by atoms with E-state index in [0.29, 0.717) is 5.54 Å². The van der Waals surface area contributed by atoms with Crippen molar-refractivity contribution in [3.63, 3.8) is 0 Å². The predicted molar refractivity (Wildman–Crippen MR) is 86.4 cm³/mol. The SMILES string of the molecule is CC1CCCC(CN)(N2CCC(N3CCOCC3)C2)CC1. The number of nitrogens with zero attached hydrogens (tertiary/aromatic N) is 2. The first-order chi connectivity index (χ1) is 10.2. The monoisotopic (exact) mass is 295 g/mol. The fourth-order valence-electron chi connectivity index (χ4n) is 4.63. The largest absolute Gasteiger partial charge is 0.379 e. The highest BCUT2D eigenvalue weighted by atomic mass is 16.5. The van der Waals surface area contributed by atoms with Crippen LogP contribution < -0.4 is 5.73 Å². The van der Waals surface area contributed by atoms with Crippen molar-refractivity contribution in [3.8, 4) is 0 Å². The van der Waals surface area contributed by atoms with Gasteiger partial charge >= 0.3 is 0 Å². The van der Waals surface area contributed by atoms with E-state index in [4.69, 9.17) is 10.5 Å². The number of nitrogens with two attached hydrogens (primary N) is 1. The second-order valence-corrected chi connectivity index (χ2v) is 7.50. The quantitative estimate of drug-likeness (QED) is 0.805. The fourth-order valence-corrected chi connectivity index (χ4v) is 4.63. The van der Waals surface area contributed by atoms with Crippen molar-refractivity contribution in [2.45, 2.75) is 57.0 Å². The van der Waals surface area contributed by atoms with Crippen molar-refractivity contribution >= 4 is 0 Å². The molecule has 0 bridgehead atoms. The molecule has 0 amide bonds. The molecule has 3 atom stereocenters. The zero-order chi connectivity index (χ0) is 14.7. The molecule has 3 rings (SSSR count). The summed E-state index contributed by atoms with van der Waals surface area (Å²) in [5.41, 5.74) is 6.58. The Labute approximate surface area is 130 Å². The van der Waals surface area contributed by atoms with Crippen LogP contribution in [0.4, 0.5) is 0 Å². The first-order valence-electron chi connectivity index (χ1n) is 9.00. The molecule has 3 unspecified atom stereocenters. The predicted octanol–water partition coefficient (Wildman–Crippen LogP) is 1.69. The smallest absolute Gasteiger partial charge is 0.0594 e. The summed E-state index contributed by atoms with van der Waals surface area (Å²) in [5, 5.41) is 0. The van der Waals surface area contributed by atoms with E-state index in [9.17, 15) is 0 Å². The maximum atomic E-state index is 6.28. The molecule has 4 heteroatoms. The molecular weight excluding hydrogens is 262 g/mol. The first kappa shape index (κ1) is 15.7. The summed E-state index contributed by atoms with van der Waals surface area (Å²) < 4.78 is 5.50. The van der Waals surface area contributed by atoms with Crippen LogP contribution in [0.25, 0.3) is 0 Å². The van der Waals surface area contributed by atoms with Gasteiger partial charge in [0, 0.05) is 44.3 Å². The summed E-state index contributed by atoms with van der Waals surface area (Å²) in [6.07, 6.45) is 8.04. The van der Waals surface area contributed by atoms with E-state index in [0.717, 1.165) is 44.8 Å². The average molecular weight is 295 g/mol. The summed E-state index contributed by atoms with van der Waals surface area (Å²) >= 11 is 0. The maximum absolute atomic E-state index is 6.28. The number of morpholine rings is 1. The zero-order valence-corrected chi connectivity index (χ0v) is 13.7. The minimum atomic E-state index is 0.297. The molecule has 21 heavy (non-hydrogen) atoms. The van der Waals surface area contributed by atoms with Gasteiger partial charge in [-0.1, -0.05) is 19.8 Å². The molecule has 4 nitrogen and oxygen atoms in total. The molecule has 1 saturated carbocycles. The van der Waals surface area contributed by atoms with Crippen LogP contribution in [-0.2, 0) is 4.74 Å². The lowest BCUT2D eigenvalue weighted by Gasteiger charge is -2.42. The molecule has 0 radical (unpaired) electrons. The van der Waals surface area contributed by atoms with Crippen molar-refractivity contribution < 1.29 is 4.74 Å². The van der Waals surface area contributed by atoms with E-state index in [-0.39, 0.29) is 0 Å². The Kier molecular flexibility index (Phi) is 5.20. The van der Waals surface area contributed by atoms with Crippen molar-refractivity contribution in [2.24, 2.45) is 11.7 Å². The summed E-state index contributed by atoms with van der Waals surface area (Å²) in [6.45, 7) is 9.78. The van der Waals surface area contributed by atoms with Gasteiger partial charge in [0.15, 0.2) is 0 Å². The molecule has 3 fully saturated rings. The number of likely N-dealkylation sites (tertiary alicyclic amines) is 1. The second kappa shape index (κ2) is 6.95. The molecule has 0 spiro atoms. The second-order valence-electron chi connectivity index (χ2n) is 7.50. The van der Waals surface area contributed by atoms with E-state index in [1.807, 2.05) is 0 Å². The summed E-state index contributed by atoms with van der Waals surface area (Å²) in [5.74, 6) is 0.885. The van der Waals surface area contributed by atoms with Crippen molar-refractivity contribution in [3.05, 3.63) is 0 Å². The van der Waals surface area contributed by atoms with Crippen LogP contribution in [0.15, 0.2) is 0 Å². The highest BCUT2D eigenvalue weighted by Gasteiger charge is 2.41. The van der Waals surface area contributed by atoms with Crippen LogP contribution >= 0.6 is 0 Å². The molecule has 0 aromatic heterocycles. The minimum absolute atomic E-state index is 0.297. The normalized spacial score (nSPS) is 40.3. The number of ether oxygens (including phenoxy) is 1. The van der Waals surface area contributed by atoms with Crippen LogP contribution in [0.3, 0.4) is 0 Å². The third kappa shape index (κ3) is 3.44. The van der Waals surface area contributed by atoms with Gasteiger partial charge in [0.2, 0.25) is 0 Å². The Balaban J connectivity index is 1.62. The molecular formula is C17H33N3O. The Morgan fingerprint density at radius 1 is 1.10 bits per heavy atom. The van der Waals surface area contributed by atoms with Gasteiger partial charge in [0.05, 0.1) is 13.2 Å². The lowest BCUT2D eigenvalue weighted by molar-refractivity contribution is 0.0137. The Morgan fingerprint density at radius 3 is 2.67 bits per heavy atom. The molecule has 122 valence electrons. The van der Waals surface area contributed by atoms with Crippen LogP contribution in [0.1, 0.15) is 45.4 Å². The van der Waals surface area contributed by atoms with Crippen molar-refractivity contribution in [1.29, 1.82) is 0 Å². The summed E-state index contributed by atoms with van der Waals surface area (Å²) in [6, 6.07) is 0.734. The maximum Gasteiger partial charge on any atom is 0.0594 e. The average Bonchev–Trinajstić information content (AvgIpc) is 2.94. The fraction of sp³-hybridized carbons (Fsp3) is 1.00. The van der Waals surface area contributed by atoms with Crippen LogP contribution in [-0.4, -0.2) is 67.3 Å². The Morgan fingerprint density at radius 2 is 1.90 bits per heavy atom. The van der Waals surface area contributed by atoms with Gasteiger partial charge in [-0.3, -0.25) is 9.80 Å². The first-order valence-corrected chi connectivity index (χ1v) is 9.00. The van der Waals surface area contributed by atoms with E-state index in [1.54, 1.807) is 0 Å². The number of rotatable bonds is 3. The third-order valence-corrected chi connectivity index (χ3v) is 6.22. The lowest BCUT2D eigenvalue weighted by atomic mass is 9.88. The van der Waals surface area contributed by atoms with Gasteiger partial charge in [-0.2, -0.15) is 0 Å². The molecule has 0 aromatic rings. The Bertz CT molecular complexity index is 332. The molecule has 2 saturated heterocycles. The van der Waals surface area contributed by atoms with Crippen molar-refractivity contribution in [2.75, 3.05) is 45.9 Å². The molecule has 2 aliphatic heterocycles. The molecule has 2 heterocycles. The molecule has 1 aliphatic carbocycles. The van der Waals surface area contributed by atoms with Gasteiger partial charge in [-0.25, -0.2) is 0 Å². The molecule has 2 N–H and O–H groups in total. The van der Waals surface area contributed by atoms with Gasteiger partial charge in [-0.15, -0.1) is 0 Å². The Hall–Kier alpha value is -0.160. The number of hydrogen-bond acceptors (Lipinski definition) is 4. The summed E-state index contributed by atoms with van der Waals surface area (Å²) in [7, 11) is 0. The minimum Gasteiger partial charge on any atom is -0.379 e. The van der Waals surface area contributed by atoms with E-state index >= 15 is 0 Å². The van der Waals surface area contributed by atoms with Crippen LogP contribution in [0.5, 0.6) is 0 Å². The topological polar surface area (TPSA) is 41.7 Å². The van der Waals surface area contributed by atoms with Crippen molar-refractivity contribution in [1.82, 2.24) is 9.80 Å². The van der Waals surface area contributed by atoms with Crippen LogP contribution in [0, 0.1) is 5.92 Å². The standard InChI is InChI=1S/C17H33N3O/c1-15-3-2-6-17(14-18,7-4-15)20-8-5-16(13-20)19-9-11-21-12-10-19/h15-16H,2-14,18H2,1H3. The van der Waals surface area contributed by atoms with Gasteiger partial charge in [0.1, 0.15) is 0 Å².